The molecule has 2 aromatic rings. The van der Waals surface area contributed by atoms with Crippen molar-refractivity contribution in [1.29, 1.82) is 0 Å². The van der Waals surface area contributed by atoms with E-state index in [1.54, 1.807) is 0 Å². The maximum Gasteiger partial charge on any atom is 0.0411 e. The summed E-state index contributed by atoms with van der Waals surface area (Å²) in [5.41, 5.74) is 6.05. The van der Waals surface area contributed by atoms with Crippen molar-refractivity contribution >= 4 is 11.4 Å². The molecule has 0 heterocycles. The van der Waals surface area contributed by atoms with E-state index in [0.29, 0.717) is 0 Å². The van der Waals surface area contributed by atoms with Crippen molar-refractivity contribution < 1.29 is 0 Å². The SMILES string of the molecule is CN(c1ccccc1)c1ccc2c(c1)C(C)(C)CC2(C)C. The fourth-order valence-electron chi connectivity index (χ4n) is 3.99. The predicted octanol–water partition coefficient (Wildman–Crippen LogP) is 5.41. The fourth-order valence-corrected chi connectivity index (χ4v) is 3.99. The van der Waals surface area contributed by atoms with E-state index in [-0.39, 0.29) is 10.8 Å². The number of rotatable bonds is 2. The molecule has 0 aromatic heterocycles. The first kappa shape index (κ1) is 14.2. The number of anilines is 2. The van der Waals surface area contributed by atoms with E-state index < -0.39 is 0 Å². The first-order valence-electron chi connectivity index (χ1n) is 7.75. The number of hydrogen-bond donors (Lipinski definition) is 0. The molecule has 0 radical (unpaired) electrons. The van der Waals surface area contributed by atoms with Gasteiger partial charge in [-0.3, -0.25) is 0 Å². The largest absolute Gasteiger partial charge is 0.345 e. The summed E-state index contributed by atoms with van der Waals surface area (Å²) in [6.07, 6.45) is 1.22. The molecule has 1 heteroatoms. The van der Waals surface area contributed by atoms with Crippen LogP contribution in [0.2, 0.25) is 0 Å². The highest BCUT2D eigenvalue weighted by molar-refractivity contribution is 5.65. The van der Waals surface area contributed by atoms with Gasteiger partial charge in [0.2, 0.25) is 0 Å². The normalized spacial score (nSPS) is 18.3. The Kier molecular flexibility index (Phi) is 3.12. The molecule has 0 saturated carbocycles. The number of benzene rings is 2. The zero-order chi connectivity index (χ0) is 15.3. The van der Waals surface area contributed by atoms with E-state index in [1.165, 1.54) is 28.9 Å². The van der Waals surface area contributed by atoms with Gasteiger partial charge in [-0.15, -0.1) is 0 Å². The lowest BCUT2D eigenvalue weighted by Crippen LogP contribution is -2.18. The molecule has 1 aliphatic carbocycles. The molecule has 0 spiro atoms. The van der Waals surface area contributed by atoms with Crippen LogP contribution in [-0.2, 0) is 10.8 Å². The van der Waals surface area contributed by atoms with Crippen molar-refractivity contribution in [2.45, 2.75) is 44.9 Å². The van der Waals surface area contributed by atoms with Crippen LogP contribution in [0.25, 0.3) is 0 Å². The summed E-state index contributed by atoms with van der Waals surface area (Å²) in [7, 11) is 2.14. The minimum Gasteiger partial charge on any atom is -0.345 e. The van der Waals surface area contributed by atoms with E-state index >= 15 is 0 Å². The van der Waals surface area contributed by atoms with Crippen LogP contribution in [0.15, 0.2) is 48.5 Å². The van der Waals surface area contributed by atoms with E-state index in [9.17, 15) is 0 Å². The Bertz CT molecular complexity index is 653. The lowest BCUT2D eigenvalue weighted by atomic mass is 9.82. The van der Waals surface area contributed by atoms with Crippen LogP contribution in [-0.4, -0.2) is 7.05 Å². The van der Waals surface area contributed by atoms with Crippen molar-refractivity contribution in [1.82, 2.24) is 0 Å². The molecule has 2 aromatic carbocycles. The van der Waals surface area contributed by atoms with Gasteiger partial charge in [0.05, 0.1) is 0 Å². The molecular formula is C20H25N. The molecular weight excluding hydrogens is 254 g/mol. The smallest absolute Gasteiger partial charge is 0.0411 e. The van der Waals surface area contributed by atoms with Crippen molar-refractivity contribution in [3.63, 3.8) is 0 Å². The molecule has 0 unspecified atom stereocenters. The van der Waals surface area contributed by atoms with Crippen LogP contribution >= 0.6 is 0 Å². The zero-order valence-corrected chi connectivity index (χ0v) is 13.8. The van der Waals surface area contributed by atoms with Crippen LogP contribution in [0.5, 0.6) is 0 Å². The van der Waals surface area contributed by atoms with Gasteiger partial charge in [0.25, 0.3) is 0 Å². The second-order valence-electron chi connectivity index (χ2n) is 7.57. The Morgan fingerprint density at radius 2 is 1.38 bits per heavy atom. The van der Waals surface area contributed by atoms with Gasteiger partial charge in [0, 0.05) is 18.4 Å². The second kappa shape index (κ2) is 4.62. The molecule has 0 amide bonds. The third kappa shape index (κ3) is 2.35. The molecule has 1 aliphatic rings. The van der Waals surface area contributed by atoms with Crippen LogP contribution in [0.1, 0.15) is 45.2 Å². The van der Waals surface area contributed by atoms with E-state index in [2.05, 4.69) is 88.2 Å². The summed E-state index contributed by atoms with van der Waals surface area (Å²) in [5.74, 6) is 0. The van der Waals surface area contributed by atoms with Crippen LogP contribution in [0.4, 0.5) is 11.4 Å². The number of para-hydroxylation sites is 1. The Balaban J connectivity index is 2.05. The maximum absolute atomic E-state index is 2.39. The van der Waals surface area contributed by atoms with E-state index in [0.717, 1.165) is 0 Å². The summed E-state index contributed by atoms with van der Waals surface area (Å²) in [4.78, 5) is 2.27. The molecule has 110 valence electrons. The first-order valence-corrected chi connectivity index (χ1v) is 7.75. The molecule has 0 N–H and O–H groups in total. The highest BCUT2D eigenvalue weighted by atomic mass is 15.1. The Morgan fingerprint density at radius 3 is 2.05 bits per heavy atom. The second-order valence-corrected chi connectivity index (χ2v) is 7.57. The quantitative estimate of drug-likeness (QED) is 0.710. The monoisotopic (exact) mass is 279 g/mol. The van der Waals surface area contributed by atoms with Gasteiger partial charge in [-0.05, 0) is 52.6 Å². The molecule has 0 aliphatic heterocycles. The number of hydrogen-bond acceptors (Lipinski definition) is 1. The Hall–Kier alpha value is -1.76. The van der Waals surface area contributed by atoms with Crippen molar-refractivity contribution in [3.8, 4) is 0 Å². The van der Waals surface area contributed by atoms with Gasteiger partial charge in [-0.25, -0.2) is 0 Å². The van der Waals surface area contributed by atoms with Gasteiger partial charge in [-0.1, -0.05) is 52.0 Å². The van der Waals surface area contributed by atoms with Crippen LogP contribution < -0.4 is 4.90 Å². The third-order valence-corrected chi connectivity index (χ3v) is 4.88. The number of nitrogens with zero attached hydrogens (tertiary/aromatic N) is 1. The average Bonchev–Trinajstić information content (AvgIpc) is 2.64. The highest BCUT2D eigenvalue weighted by Crippen LogP contribution is 2.50. The predicted molar refractivity (Wildman–Crippen MR) is 91.6 cm³/mol. The fraction of sp³-hybridized carbons (Fsp3) is 0.400. The van der Waals surface area contributed by atoms with Crippen molar-refractivity contribution in [3.05, 3.63) is 59.7 Å². The van der Waals surface area contributed by atoms with Crippen molar-refractivity contribution in [2.75, 3.05) is 11.9 Å². The summed E-state index contributed by atoms with van der Waals surface area (Å²) < 4.78 is 0. The molecule has 0 fully saturated rings. The number of fused-ring (bicyclic) bond motifs is 1. The van der Waals surface area contributed by atoms with Crippen LogP contribution in [0.3, 0.4) is 0 Å². The maximum atomic E-state index is 2.39. The van der Waals surface area contributed by atoms with Gasteiger partial charge in [0.15, 0.2) is 0 Å². The summed E-state index contributed by atoms with van der Waals surface area (Å²) in [5, 5.41) is 0. The molecule has 3 rings (SSSR count). The molecule has 0 atom stereocenters. The van der Waals surface area contributed by atoms with Crippen LogP contribution in [0, 0.1) is 0 Å². The third-order valence-electron chi connectivity index (χ3n) is 4.88. The summed E-state index contributed by atoms with van der Waals surface area (Å²) in [6, 6.07) is 17.5. The van der Waals surface area contributed by atoms with Gasteiger partial charge in [-0.2, -0.15) is 0 Å². The zero-order valence-electron chi connectivity index (χ0n) is 13.8. The Morgan fingerprint density at radius 1 is 0.762 bits per heavy atom. The lowest BCUT2D eigenvalue weighted by Gasteiger charge is -2.24. The van der Waals surface area contributed by atoms with E-state index in [4.69, 9.17) is 0 Å². The topological polar surface area (TPSA) is 3.24 Å². The highest BCUT2D eigenvalue weighted by Gasteiger charge is 2.41. The Labute approximate surface area is 128 Å². The molecule has 0 saturated heterocycles. The van der Waals surface area contributed by atoms with Crippen molar-refractivity contribution in [2.24, 2.45) is 0 Å². The standard InChI is InChI=1S/C20H25N/c1-19(2)14-20(3,4)18-13-16(11-12-17(18)19)21(5)15-9-7-6-8-10-15/h6-13H,14H2,1-5H3. The van der Waals surface area contributed by atoms with Gasteiger partial charge < -0.3 is 4.90 Å². The first-order chi connectivity index (χ1) is 9.81. The minimum atomic E-state index is 0.256. The molecule has 0 bridgehead atoms. The summed E-state index contributed by atoms with van der Waals surface area (Å²) >= 11 is 0. The lowest BCUT2D eigenvalue weighted by molar-refractivity contribution is 0.403. The van der Waals surface area contributed by atoms with Gasteiger partial charge >= 0.3 is 0 Å². The molecule has 21 heavy (non-hydrogen) atoms. The van der Waals surface area contributed by atoms with Gasteiger partial charge in [0.1, 0.15) is 0 Å². The minimum absolute atomic E-state index is 0.256. The molecule has 1 nitrogen and oxygen atoms in total. The summed E-state index contributed by atoms with van der Waals surface area (Å²) in [6.45, 7) is 9.46. The average molecular weight is 279 g/mol. The van der Waals surface area contributed by atoms with E-state index in [1.807, 2.05) is 0 Å².